The van der Waals surface area contributed by atoms with E-state index in [4.69, 9.17) is 8.92 Å². The summed E-state index contributed by atoms with van der Waals surface area (Å²) in [5.74, 6) is -0.377. The molecule has 6 heteroatoms. The molecule has 1 aromatic rings. The van der Waals surface area contributed by atoms with Gasteiger partial charge in [-0.2, -0.15) is 8.42 Å². The smallest absolute Gasteiger partial charge is 0.333 e. The summed E-state index contributed by atoms with van der Waals surface area (Å²) in [5, 5.41) is 0. The predicted octanol–water partition coefficient (Wildman–Crippen LogP) is 3.38. The molecule has 0 unspecified atom stereocenters. The van der Waals surface area contributed by atoms with Crippen molar-refractivity contribution < 1.29 is 22.1 Å². The quantitative estimate of drug-likeness (QED) is 0.283. The fourth-order valence-electron chi connectivity index (χ4n) is 1.79. The number of benzene rings is 1. The van der Waals surface area contributed by atoms with Crippen molar-refractivity contribution in [3.63, 3.8) is 0 Å². The molecular formula is C17H24O5S. The van der Waals surface area contributed by atoms with Crippen molar-refractivity contribution in [2.45, 2.75) is 44.4 Å². The lowest BCUT2D eigenvalue weighted by atomic mass is 10.2. The molecule has 0 aliphatic heterocycles. The lowest BCUT2D eigenvalue weighted by molar-refractivity contribution is -0.139. The molecule has 0 heterocycles. The van der Waals surface area contributed by atoms with Crippen LogP contribution in [0.4, 0.5) is 0 Å². The van der Waals surface area contributed by atoms with E-state index in [2.05, 4.69) is 6.58 Å². The zero-order chi connectivity index (χ0) is 17.3. The van der Waals surface area contributed by atoms with Gasteiger partial charge in [0.15, 0.2) is 0 Å². The van der Waals surface area contributed by atoms with Crippen molar-refractivity contribution in [3.8, 4) is 0 Å². The molecule has 0 aliphatic carbocycles. The van der Waals surface area contributed by atoms with Crippen LogP contribution in [0.25, 0.3) is 0 Å². The second-order valence-electron chi connectivity index (χ2n) is 5.42. The Labute approximate surface area is 138 Å². The van der Waals surface area contributed by atoms with Crippen LogP contribution in [0.3, 0.4) is 0 Å². The van der Waals surface area contributed by atoms with E-state index in [9.17, 15) is 13.2 Å². The fourth-order valence-corrected chi connectivity index (χ4v) is 2.73. The van der Waals surface area contributed by atoms with E-state index >= 15 is 0 Å². The van der Waals surface area contributed by atoms with Gasteiger partial charge < -0.3 is 4.74 Å². The summed E-state index contributed by atoms with van der Waals surface area (Å²) < 4.78 is 33.8. The third kappa shape index (κ3) is 7.43. The van der Waals surface area contributed by atoms with Gasteiger partial charge in [-0.05, 0) is 45.2 Å². The molecule has 0 bridgehead atoms. The predicted molar refractivity (Wildman–Crippen MR) is 88.6 cm³/mol. The van der Waals surface area contributed by atoms with Crippen LogP contribution in [-0.2, 0) is 23.8 Å². The summed E-state index contributed by atoms with van der Waals surface area (Å²) in [6, 6.07) is 6.56. The van der Waals surface area contributed by atoms with Gasteiger partial charge in [-0.15, -0.1) is 0 Å². The number of unbranched alkanes of at least 4 members (excludes halogenated alkanes) is 3. The van der Waals surface area contributed by atoms with Gasteiger partial charge in [0, 0.05) is 5.57 Å². The second kappa shape index (κ2) is 9.47. The van der Waals surface area contributed by atoms with Crippen molar-refractivity contribution >= 4 is 16.1 Å². The maximum absolute atomic E-state index is 11.9. The first-order valence-corrected chi connectivity index (χ1v) is 9.02. The molecule has 0 atom stereocenters. The van der Waals surface area contributed by atoms with Gasteiger partial charge >= 0.3 is 5.97 Å². The van der Waals surface area contributed by atoms with E-state index in [1.54, 1.807) is 31.2 Å². The van der Waals surface area contributed by atoms with Gasteiger partial charge in [-0.3, -0.25) is 4.18 Å². The Balaban J connectivity index is 2.16. The molecular weight excluding hydrogens is 316 g/mol. The largest absolute Gasteiger partial charge is 0.462 e. The molecule has 0 saturated heterocycles. The molecule has 23 heavy (non-hydrogen) atoms. The van der Waals surface area contributed by atoms with Crippen molar-refractivity contribution in [2.24, 2.45) is 0 Å². The van der Waals surface area contributed by atoms with Crippen LogP contribution < -0.4 is 0 Å². The van der Waals surface area contributed by atoms with Gasteiger partial charge in [-0.1, -0.05) is 30.7 Å². The fraction of sp³-hybridized carbons (Fsp3) is 0.471. The van der Waals surface area contributed by atoms with Gasteiger partial charge in [0.25, 0.3) is 10.1 Å². The summed E-state index contributed by atoms with van der Waals surface area (Å²) in [4.78, 5) is 11.3. The zero-order valence-corrected chi connectivity index (χ0v) is 14.5. The van der Waals surface area contributed by atoms with Crippen LogP contribution in [0.1, 0.15) is 38.2 Å². The number of esters is 1. The molecule has 0 saturated carbocycles. The summed E-state index contributed by atoms with van der Waals surface area (Å²) in [7, 11) is -3.67. The lowest BCUT2D eigenvalue weighted by Crippen LogP contribution is -2.08. The van der Waals surface area contributed by atoms with Crippen molar-refractivity contribution in [1.29, 1.82) is 0 Å². The maximum atomic E-state index is 11.9. The Morgan fingerprint density at radius 3 is 2.17 bits per heavy atom. The SMILES string of the molecule is C=C(C)C(=O)OCCCCCCOS(=O)(=O)c1ccc(C)cc1. The maximum Gasteiger partial charge on any atom is 0.333 e. The lowest BCUT2D eigenvalue weighted by Gasteiger charge is -2.06. The molecule has 0 aromatic heterocycles. The van der Waals surface area contributed by atoms with Crippen LogP contribution in [0.15, 0.2) is 41.3 Å². The molecule has 0 aliphatic rings. The van der Waals surface area contributed by atoms with Gasteiger partial charge in [-0.25, -0.2) is 4.79 Å². The molecule has 0 amide bonds. The molecule has 1 aromatic carbocycles. The second-order valence-corrected chi connectivity index (χ2v) is 7.03. The Morgan fingerprint density at radius 2 is 1.61 bits per heavy atom. The van der Waals surface area contributed by atoms with Crippen molar-refractivity contribution in [1.82, 2.24) is 0 Å². The van der Waals surface area contributed by atoms with Gasteiger partial charge in [0.2, 0.25) is 0 Å². The van der Waals surface area contributed by atoms with E-state index in [0.29, 0.717) is 18.6 Å². The third-order valence-electron chi connectivity index (χ3n) is 3.17. The molecule has 1 rings (SSSR count). The Morgan fingerprint density at radius 1 is 1.04 bits per heavy atom. The highest BCUT2D eigenvalue weighted by atomic mass is 32.2. The number of rotatable bonds is 10. The molecule has 0 spiro atoms. The first-order chi connectivity index (χ1) is 10.8. The molecule has 5 nitrogen and oxygen atoms in total. The number of ether oxygens (including phenoxy) is 1. The highest BCUT2D eigenvalue weighted by Crippen LogP contribution is 2.14. The van der Waals surface area contributed by atoms with Crippen LogP contribution >= 0.6 is 0 Å². The Bertz CT molecular complexity index is 617. The molecule has 128 valence electrons. The number of carbonyl (C=O) groups is 1. The minimum Gasteiger partial charge on any atom is -0.462 e. The number of aryl methyl sites for hydroxylation is 1. The monoisotopic (exact) mass is 340 g/mol. The first-order valence-electron chi connectivity index (χ1n) is 7.61. The van der Waals surface area contributed by atoms with Crippen LogP contribution in [0.2, 0.25) is 0 Å². The summed E-state index contributed by atoms with van der Waals surface area (Å²) in [6.07, 6.45) is 3.04. The number of carbonyl (C=O) groups excluding carboxylic acids is 1. The number of hydrogen-bond acceptors (Lipinski definition) is 5. The Hall–Kier alpha value is -1.66. The van der Waals surface area contributed by atoms with Gasteiger partial charge in [0.05, 0.1) is 18.1 Å². The highest BCUT2D eigenvalue weighted by Gasteiger charge is 2.14. The molecule has 0 fully saturated rings. The topological polar surface area (TPSA) is 69.7 Å². The average Bonchev–Trinajstić information content (AvgIpc) is 2.50. The third-order valence-corrected chi connectivity index (χ3v) is 4.49. The Kier molecular flexibility index (Phi) is 7.98. The van der Waals surface area contributed by atoms with E-state index in [1.807, 2.05) is 6.92 Å². The highest BCUT2D eigenvalue weighted by molar-refractivity contribution is 7.86. The normalized spacial score (nSPS) is 11.2. The summed E-state index contributed by atoms with van der Waals surface area (Å²) >= 11 is 0. The summed E-state index contributed by atoms with van der Waals surface area (Å²) in [5.41, 5.74) is 1.39. The summed E-state index contributed by atoms with van der Waals surface area (Å²) in [6.45, 7) is 7.51. The van der Waals surface area contributed by atoms with Crippen LogP contribution in [-0.4, -0.2) is 27.6 Å². The van der Waals surface area contributed by atoms with E-state index in [-0.39, 0.29) is 17.5 Å². The van der Waals surface area contributed by atoms with E-state index in [1.165, 1.54) is 0 Å². The minimum absolute atomic E-state index is 0.155. The van der Waals surface area contributed by atoms with Gasteiger partial charge in [0.1, 0.15) is 0 Å². The number of hydrogen-bond donors (Lipinski definition) is 0. The zero-order valence-electron chi connectivity index (χ0n) is 13.7. The van der Waals surface area contributed by atoms with Crippen molar-refractivity contribution in [2.75, 3.05) is 13.2 Å². The first kappa shape index (κ1) is 19.4. The minimum atomic E-state index is -3.67. The average molecular weight is 340 g/mol. The van der Waals surface area contributed by atoms with Crippen LogP contribution in [0, 0.1) is 6.92 Å². The molecule has 0 N–H and O–H groups in total. The van der Waals surface area contributed by atoms with E-state index in [0.717, 1.165) is 24.8 Å². The standard InChI is InChI=1S/C17H24O5S/c1-14(2)17(18)21-12-6-4-5-7-13-22-23(19,20)16-10-8-15(3)9-11-16/h8-11H,1,4-7,12-13H2,2-3H3. The van der Waals surface area contributed by atoms with E-state index < -0.39 is 10.1 Å². The molecule has 0 radical (unpaired) electrons. The van der Waals surface area contributed by atoms with Crippen molar-refractivity contribution in [3.05, 3.63) is 42.0 Å². The van der Waals surface area contributed by atoms with Crippen LogP contribution in [0.5, 0.6) is 0 Å².